The lowest BCUT2D eigenvalue weighted by Gasteiger charge is -2.36. The van der Waals surface area contributed by atoms with Gasteiger partial charge in [0.15, 0.2) is 5.82 Å². The molecule has 0 spiro atoms. The largest absolute Gasteiger partial charge is 0.310 e. The van der Waals surface area contributed by atoms with Gasteiger partial charge in [0.2, 0.25) is 10.0 Å². The first-order valence-corrected chi connectivity index (χ1v) is 13.1. The highest BCUT2D eigenvalue weighted by Crippen LogP contribution is 2.38. The van der Waals surface area contributed by atoms with Crippen LogP contribution in [0.1, 0.15) is 54.9 Å². The monoisotopic (exact) mass is 535 g/mol. The molecule has 4 rings (SSSR count). The smallest absolute Gasteiger partial charge is 0.260 e. The van der Waals surface area contributed by atoms with Gasteiger partial charge in [-0.15, -0.1) is 0 Å². The van der Waals surface area contributed by atoms with Crippen molar-refractivity contribution in [2.45, 2.75) is 57.1 Å². The molecule has 0 atom stereocenters. The maximum atomic E-state index is 14.7. The Morgan fingerprint density at radius 3 is 2.49 bits per heavy atom. The van der Waals surface area contributed by atoms with Gasteiger partial charge in [-0.2, -0.15) is 9.40 Å². The van der Waals surface area contributed by atoms with Crippen LogP contribution in [0.4, 0.5) is 19.0 Å². The Kier molecular flexibility index (Phi) is 7.19. The molecule has 0 saturated carbocycles. The molecule has 1 aromatic heterocycles. The zero-order chi connectivity index (χ0) is 27.1. The molecule has 1 amide bonds. The lowest BCUT2D eigenvalue weighted by molar-refractivity contribution is 0.102. The maximum Gasteiger partial charge on any atom is 0.260 e. The summed E-state index contributed by atoms with van der Waals surface area (Å²) < 4.78 is 70.0. The fourth-order valence-electron chi connectivity index (χ4n) is 4.39. The summed E-state index contributed by atoms with van der Waals surface area (Å²) in [7, 11) is -4.29. The Labute approximate surface area is 213 Å². The fraction of sp³-hybridized carbons (Fsp3) is 0.360. The normalized spacial score (nSPS) is 15.6. The third-order valence-electron chi connectivity index (χ3n) is 6.18. The molecule has 0 radical (unpaired) electrons. The molecule has 3 N–H and O–H groups in total. The van der Waals surface area contributed by atoms with Crippen LogP contribution in [0.3, 0.4) is 0 Å². The molecule has 1 aliphatic rings. The number of aromatic nitrogens is 2. The number of nitrogens with zero attached hydrogens (tertiary/aromatic N) is 2. The standard InChI is InChI=1S/C25H28F3N5O3S/c1-14(2)29-11-15-6-5-7-20(28)21(15)24(34)30-23-19-12-33(13-25(3,4)22(19)31-32-23)37(35,36)18-9-16(26)8-17(27)10-18/h5-10,14,29H,11-13H2,1-4H3,(H2,30,31,32,34). The van der Waals surface area contributed by atoms with Gasteiger partial charge in [-0.05, 0) is 23.8 Å². The van der Waals surface area contributed by atoms with Crippen LogP contribution in [0.5, 0.6) is 0 Å². The predicted molar refractivity (Wildman–Crippen MR) is 132 cm³/mol. The number of anilines is 1. The maximum absolute atomic E-state index is 14.7. The summed E-state index contributed by atoms with van der Waals surface area (Å²) in [6.07, 6.45) is 0. The van der Waals surface area contributed by atoms with E-state index >= 15 is 0 Å². The highest BCUT2D eigenvalue weighted by atomic mass is 32.2. The van der Waals surface area contributed by atoms with E-state index in [4.69, 9.17) is 0 Å². The van der Waals surface area contributed by atoms with Gasteiger partial charge in [0.25, 0.3) is 5.91 Å². The van der Waals surface area contributed by atoms with E-state index in [1.165, 1.54) is 12.1 Å². The van der Waals surface area contributed by atoms with Crippen LogP contribution >= 0.6 is 0 Å². The minimum Gasteiger partial charge on any atom is -0.310 e. The van der Waals surface area contributed by atoms with Crippen LogP contribution < -0.4 is 10.6 Å². The average Bonchev–Trinajstić information content (AvgIpc) is 3.20. The number of hydrogen-bond donors (Lipinski definition) is 3. The first kappa shape index (κ1) is 26.8. The molecule has 37 heavy (non-hydrogen) atoms. The Morgan fingerprint density at radius 1 is 1.16 bits per heavy atom. The summed E-state index contributed by atoms with van der Waals surface area (Å²) in [6, 6.07) is 6.55. The van der Waals surface area contributed by atoms with Crippen molar-refractivity contribution >= 4 is 21.7 Å². The van der Waals surface area contributed by atoms with E-state index in [-0.39, 0.29) is 37.1 Å². The number of hydrogen-bond acceptors (Lipinski definition) is 5. The van der Waals surface area contributed by atoms with Gasteiger partial charge in [-0.3, -0.25) is 9.89 Å². The predicted octanol–water partition coefficient (Wildman–Crippen LogP) is 4.06. The van der Waals surface area contributed by atoms with Crippen molar-refractivity contribution in [3.63, 3.8) is 0 Å². The van der Waals surface area contributed by atoms with Gasteiger partial charge in [-0.25, -0.2) is 21.6 Å². The summed E-state index contributed by atoms with van der Waals surface area (Å²) in [6.45, 7) is 7.44. The molecule has 8 nitrogen and oxygen atoms in total. The van der Waals surface area contributed by atoms with E-state index in [0.29, 0.717) is 22.9 Å². The van der Waals surface area contributed by atoms with Crippen LogP contribution in [-0.4, -0.2) is 41.4 Å². The Hall–Kier alpha value is -3.22. The molecule has 0 unspecified atom stereocenters. The van der Waals surface area contributed by atoms with E-state index in [0.717, 1.165) is 16.4 Å². The third-order valence-corrected chi connectivity index (χ3v) is 7.95. The second kappa shape index (κ2) is 9.92. The second-order valence-corrected chi connectivity index (χ2v) is 11.9. The number of aromatic amines is 1. The van der Waals surface area contributed by atoms with E-state index in [1.807, 2.05) is 13.8 Å². The van der Waals surface area contributed by atoms with Crippen molar-refractivity contribution in [3.05, 3.63) is 76.2 Å². The molecule has 0 saturated heterocycles. The van der Waals surface area contributed by atoms with Crippen molar-refractivity contribution in [1.29, 1.82) is 0 Å². The number of sulfonamides is 1. The topological polar surface area (TPSA) is 107 Å². The molecule has 12 heteroatoms. The van der Waals surface area contributed by atoms with Gasteiger partial charge in [0.1, 0.15) is 17.5 Å². The van der Waals surface area contributed by atoms with Crippen LogP contribution in [0, 0.1) is 17.5 Å². The number of halogens is 3. The van der Waals surface area contributed by atoms with Gasteiger partial charge < -0.3 is 10.6 Å². The zero-order valence-electron chi connectivity index (χ0n) is 20.8. The van der Waals surface area contributed by atoms with Crippen LogP contribution in [-0.2, 0) is 28.5 Å². The number of amides is 1. The van der Waals surface area contributed by atoms with Crippen molar-refractivity contribution in [1.82, 2.24) is 19.8 Å². The first-order valence-electron chi connectivity index (χ1n) is 11.7. The summed E-state index contributed by atoms with van der Waals surface area (Å²) in [5.74, 6) is -3.43. The molecule has 2 aromatic carbocycles. The number of nitrogens with one attached hydrogen (secondary N) is 3. The first-order chi connectivity index (χ1) is 17.3. The van der Waals surface area contributed by atoms with Crippen LogP contribution in [0.15, 0.2) is 41.3 Å². The van der Waals surface area contributed by atoms with Gasteiger partial charge >= 0.3 is 0 Å². The van der Waals surface area contributed by atoms with E-state index in [2.05, 4.69) is 20.8 Å². The van der Waals surface area contributed by atoms with Crippen LogP contribution in [0.25, 0.3) is 0 Å². The molecule has 1 aliphatic heterocycles. The molecule has 0 fully saturated rings. The zero-order valence-corrected chi connectivity index (χ0v) is 21.6. The van der Waals surface area contributed by atoms with Gasteiger partial charge in [-0.1, -0.05) is 39.8 Å². The fourth-order valence-corrected chi connectivity index (χ4v) is 6.00. The van der Waals surface area contributed by atoms with Gasteiger partial charge in [0, 0.05) is 48.4 Å². The number of carbonyl (C=O) groups excluding carboxylic acids is 1. The Morgan fingerprint density at radius 2 is 1.84 bits per heavy atom. The highest BCUT2D eigenvalue weighted by molar-refractivity contribution is 7.89. The summed E-state index contributed by atoms with van der Waals surface area (Å²) in [4.78, 5) is 12.7. The quantitative estimate of drug-likeness (QED) is 0.423. The molecule has 0 bridgehead atoms. The number of H-pyrrole nitrogens is 1. The third kappa shape index (κ3) is 5.41. The number of rotatable bonds is 7. The Bertz CT molecular complexity index is 1430. The van der Waals surface area contributed by atoms with E-state index in [9.17, 15) is 26.4 Å². The van der Waals surface area contributed by atoms with Crippen LogP contribution in [0.2, 0.25) is 0 Å². The Balaban J connectivity index is 1.67. The van der Waals surface area contributed by atoms with Crippen molar-refractivity contribution in [3.8, 4) is 0 Å². The average molecular weight is 536 g/mol. The minimum absolute atomic E-state index is 0.00558. The van der Waals surface area contributed by atoms with E-state index < -0.39 is 43.7 Å². The molecule has 3 aromatic rings. The minimum atomic E-state index is -4.29. The number of fused-ring (bicyclic) bond motifs is 1. The van der Waals surface area contributed by atoms with Gasteiger partial charge in [0.05, 0.1) is 10.5 Å². The van der Waals surface area contributed by atoms with Crippen molar-refractivity contribution in [2.24, 2.45) is 0 Å². The molecule has 0 aliphatic carbocycles. The molecule has 2 heterocycles. The number of carbonyl (C=O) groups is 1. The lowest BCUT2D eigenvalue weighted by Crippen LogP contribution is -2.45. The molecular formula is C25H28F3N5O3S. The summed E-state index contributed by atoms with van der Waals surface area (Å²) in [5.41, 5.74) is 0.487. The molecule has 198 valence electrons. The molecular weight excluding hydrogens is 507 g/mol. The lowest BCUT2D eigenvalue weighted by atomic mass is 9.84. The van der Waals surface area contributed by atoms with Crippen molar-refractivity contribution in [2.75, 3.05) is 11.9 Å². The summed E-state index contributed by atoms with van der Waals surface area (Å²) >= 11 is 0. The van der Waals surface area contributed by atoms with Crippen molar-refractivity contribution < 1.29 is 26.4 Å². The SMILES string of the molecule is CC(C)NCc1cccc(F)c1C(=O)Nc1n[nH]c2c1CN(S(=O)(=O)c1cc(F)cc(F)c1)CC2(C)C. The summed E-state index contributed by atoms with van der Waals surface area (Å²) in [5, 5.41) is 12.8. The second-order valence-electron chi connectivity index (χ2n) is 9.95. The number of benzene rings is 2. The van der Waals surface area contributed by atoms with E-state index in [1.54, 1.807) is 19.9 Å². The highest BCUT2D eigenvalue weighted by Gasteiger charge is 2.41.